The van der Waals surface area contributed by atoms with Crippen LogP contribution >= 0.6 is 22.9 Å². The van der Waals surface area contributed by atoms with Crippen molar-refractivity contribution in [2.24, 2.45) is 0 Å². The van der Waals surface area contributed by atoms with Gasteiger partial charge in [0.05, 0.1) is 24.9 Å². The van der Waals surface area contributed by atoms with Gasteiger partial charge < -0.3 is 10.4 Å². The third-order valence-corrected chi connectivity index (χ3v) is 6.36. The van der Waals surface area contributed by atoms with Crippen LogP contribution in [0.5, 0.6) is 0 Å². The summed E-state index contributed by atoms with van der Waals surface area (Å²) in [5, 5.41) is 14.1. The highest BCUT2D eigenvalue weighted by molar-refractivity contribution is 7.15. The smallest absolute Gasteiger partial charge is 0.228 e. The third kappa shape index (κ3) is 4.14. The molecule has 4 rings (SSSR count). The van der Waals surface area contributed by atoms with Crippen molar-refractivity contribution in [1.82, 2.24) is 15.0 Å². The highest BCUT2D eigenvalue weighted by Gasteiger charge is 2.34. The van der Waals surface area contributed by atoms with Crippen molar-refractivity contribution in [3.63, 3.8) is 0 Å². The summed E-state index contributed by atoms with van der Waals surface area (Å²) < 4.78 is 14.3. The molecule has 2 atom stereocenters. The molecule has 1 aromatic carbocycles. The summed E-state index contributed by atoms with van der Waals surface area (Å²) in [7, 11) is 0. The maximum absolute atomic E-state index is 14.3. The van der Waals surface area contributed by atoms with Gasteiger partial charge in [0.25, 0.3) is 0 Å². The molecule has 7 nitrogen and oxygen atoms in total. The molecule has 1 fully saturated rings. The van der Waals surface area contributed by atoms with Crippen molar-refractivity contribution in [2.45, 2.75) is 31.8 Å². The highest BCUT2D eigenvalue weighted by Crippen LogP contribution is 2.32. The van der Waals surface area contributed by atoms with Gasteiger partial charge in [-0.05, 0) is 25.5 Å². The molecule has 3 heterocycles. The van der Waals surface area contributed by atoms with E-state index in [1.165, 1.54) is 16.2 Å². The van der Waals surface area contributed by atoms with Gasteiger partial charge in [-0.15, -0.1) is 11.3 Å². The van der Waals surface area contributed by atoms with Crippen LogP contribution in [0.25, 0.3) is 10.6 Å². The second kappa shape index (κ2) is 8.63. The molecule has 0 radical (unpaired) electrons. The number of amides is 1. The van der Waals surface area contributed by atoms with Gasteiger partial charge in [-0.3, -0.25) is 9.69 Å². The number of carbonyl (C=O) groups is 1. The molecule has 0 bridgehead atoms. The predicted octanol–water partition coefficient (Wildman–Crippen LogP) is 4.05. The Morgan fingerprint density at radius 1 is 1.33 bits per heavy atom. The van der Waals surface area contributed by atoms with Crippen molar-refractivity contribution in [3.8, 4) is 10.6 Å². The maximum atomic E-state index is 14.3. The molecule has 3 aromatic rings. The Morgan fingerprint density at radius 2 is 2.10 bits per heavy atom. The van der Waals surface area contributed by atoms with Crippen LogP contribution in [0.1, 0.15) is 30.7 Å². The van der Waals surface area contributed by atoms with Gasteiger partial charge in [0.15, 0.2) is 11.6 Å². The largest absolute Gasteiger partial charge is 0.394 e. The molecule has 0 aliphatic carbocycles. The van der Waals surface area contributed by atoms with Crippen molar-refractivity contribution in [2.75, 3.05) is 16.8 Å². The molecule has 156 valence electrons. The maximum Gasteiger partial charge on any atom is 0.228 e. The van der Waals surface area contributed by atoms with E-state index >= 15 is 0 Å². The van der Waals surface area contributed by atoms with Crippen molar-refractivity contribution in [3.05, 3.63) is 52.4 Å². The second-order valence-corrected chi connectivity index (χ2v) is 8.44. The first-order chi connectivity index (χ1) is 14.5. The first-order valence-electron chi connectivity index (χ1n) is 9.40. The van der Waals surface area contributed by atoms with E-state index < -0.39 is 11.9 Å². The van der Waals surface area contributed by atoms with E-state index in [0.29, 0.717) is 11.4 Å². The normalized spacial score (nSPS) is 17.4. The van der Waals surface area contributed by atoms with Gasteiger partial charge in [-0.2, -0.15) is 4.98 Å². The molecule has 1 saturated heterocycles. The van der Waals surface area contributed by atoms with E-state index in [0.717, 1.165) is 21.6 Å². The lowest BCUT2D eigenvalue weighted by molar-refractivity contribution is -0.117. The molecule has 10 heteroatoms. The summed E-state index contributed by atoms with van der Waals surface area (Å²) in [6.07, 6.45) is 3.51. The van der Waals surface area contributed by atoms with Crippen molar-refractivity contribution in [1.29, 1.82) is 0 Å². The molecule has 30 heavy (non-hydrogen) atoms. The second-order valence-electron chi connectivity index (χ2n) is 6.94. The molecule has 1 unspecified atom stereocenters. The SMILES string of the molecule is C[C@H](Nc1ncc(F)c(N2C(=O)CCC2CO)n1)c1cnc(-c2ccc(Cl)cc2)s1. The molecule has 0 spiro atoms. The Labute approximate surface area is 181 Å². The van der Waals surface area contributed by atoms with Crippen LogP contribution < -0.4 is 10.2 Å². The van der Waals surface area contributed by atoms with Gasteiger partial charge >= 0.3 is 0 Å². The minimum absolute atomic E-state index is 0.118. The summed E-state index contributed by atoms with van der Waals surface area (Å²) in [5.74, 6) is -0.894. The third-order valence-electron chi connectivity index (χ3n) is 4.88. The fourth-order valence-corrected chi connectivity index (χ4v) is 4.33. The van der Waals surface area contributed by atoms with E-state index in [9.17, 15) is 14.3 Å². The van der Waals surface area contributed by atoms with E-state index in [-0.39, 0.29) is 36.7 Å². The molecule has 1 aliphatic rings. The lowest BCUT2D eigenvalue weighted by atomic mass is 10.2. The van der Waals surface area contributed by atoms with E-state index in [4.69, 9.17) is 11.6 Å². The fourth-order valence-electron chi connectivity index (χ4n) is 3.28. The molecule has 2 N–H and O–H groups in total. The topological polar surface area (TPSA) is 91.2 Å². The van der Waals surface area contributed by atoms with Crippen LogP contribution in [-0.2, 0) is 4.79 Å². The van der Waals surface area contributed by atoms with Crippen LogP contribution in [0.4, 0.5) is 16.2 Å². The van der Waals surface area contributed by atoms with Crippen LogP contribution in [0.2, 0.25) is 5.02 Å². The van der Waals surface area contributed by atoms with Gasteiger partial charge in [0.1, 0.15) is 5.01 Å². The number of aliphatic hydroxyl groups excluding tert-OH is 1. The molecular weight excluding hydrogens is 429 g/mol. The number of aliphatic hydroxyl groups is 1. The average molecular weight is 448 g/mol. The zero-order chi connectivity index (χ0) is 21.3. The lowest BCUT2D eigenvalue weighted by Crippen LogP contribution is -2.37. The number of benzene rings is 1. The Morgan fingerprint density at radius 3 is 2.83 bits per heavy atom. The number of carbonyl (C=O) groups excluding carboxylic acids is 1. The molecule has 2 aromatic heterocycles. The quantitative estimate of drug-likeness (QED) is 0.592. The highest BCUT2D eigenvalue weighted by atomic mass is 35.5. The van der Waals surface area contributed by atoms with Gasteiger partial charge in [-0.1, -0.05) is 23.7 Å². The number of thiazole rings is 1. The number of rotatable bonds is 6. The molecule has 0 saturated carbocycles. The van der Waals surface area contributed by atoms with Crippen LogP contribution in [0, 0.1) is 5.82 Å². The Kier molecular flexibility index (Phi) is 5.94. The number of halogens is 2. The Hall–Kier alpha value is -2.62. The predicted molar refractivity (Wildman–Crippen MR) is 114 cm³/mol. The van der Waals surface area contributed by atoms with Crippen molar-refractivity contribution >= 4 is 40.6 Å². The zero-order valence-corrected chi connectivity index (χ0v) is 17.6. The number of nitrogens with zero attached hydrogens (tertiary/aromatic N) is 4. The lowest BCUT2D eigenvalue weighted by Gasteiger charge is -2.23. The minimum atomic E-state index is -0.704. The van der Waals surface area contributed by atoms with Gasteiger partial charge in [0, 0.05) is 28.1 Å². The number of anilines is 2. The Bertz CT molecular complexity index is 1060. The van der Waals surface area contributed by atoms with Crippen LogP contribution in [0.3, 0.4) is 0 Å². The van der Waals surface area contributed by atoms with Crippen LogP contribution in [-0.4, -0.2) is 38.6 Å². The zero-order valence-electron chi connectivity index (χ0n) is 16.0. The first-order valence-corrected chi connectivity index (χ1v) is 10.6. The van der Waals surface area contributed by atoms with Crippen LogP contribution in [0.15, 0.2) is 36.7 Å². The van der Waals surface area contributed by atoms with E-state index in [2.05, 4.69) is 20.3 Å². The molecule has 1 amide bonds. The molecular formula is C20H19ClFN5O2S. The average Bonchev–Trinajstić information content (AvgIpc) is 3.37. The number of aromatic nitrogens is 3. The van der Waals surface area contributed by atoms with E-state index in [1.54, 1.807) is 6.20 Å². The summed E-state index contributed by atoms with van der Waals surface area (Å²) in [6.45, 7) is 1.67. The minimum Gasteiger partial charge on any atom is -0.394 e. The summed E-state index contributed by atoms with van der Waals surface area (Å²) in [5.41, 5.74) is 0.964. The first kappa shape index (κ1) is 20.6. The number of hydrogen-bond donors (Lipinski definition) is 2. The number of hydrogen-bond acceptors (Lipinski definition) is 7. The fraction of sp³-hybridized carbons (Fsp3) is 0.300. The standard InChI is InChI=1S/C20H19ClFN5O2S/c1-11(16-9-23-19(30-16)12-2-4-13(21)5-3-12)25-20-24-8-15(22)18(26-20)27-14(10-28)6-7-17(27)29/h2-5,8-9,11,14,28H,6-7,10H2,1H3,(H,24,25,26)/t11-,14?/m0/s1. The molecule has 1 aliphatic heterocycles. The Balaban J connectivity index is 1.53. The van der Waals surface area contributed by atoms with Gasteiger partial charge in [-0.25, -0.2) is 14.4 Å². The van der Waals surface area contributed by atoms with Gasteiger partial charge in [0.2, 0.25) is 11.9 Å². The summed E-state index contributed by atoms with van der Waals surface area (Å²) in [4.78, 5) is 27.0. The number of nitrogens with one attached hydrogen (secondary N) is 1. The summed E-state index contributed by atoms with van der Waals surface area (Å²) in [6, 6.07) is 6.77. The monoisotopic (exact) mass is 447 g/mol. The van der Waals surface area contributed by atoms with Crippen molar-refractivity contribution < 1.29 is 14.3 Å². The summed E-state index contributed by atoms with van der Waals surface area (Å²) >= 11 is 7.45. The van der Waals surface area contributed by atoms with E-state index in [1.807, 2.05) is 31.2 Å².